The van der Waals surface area contributed by atoms with Crippen LogP contribution < -0.4 is 0 Å². The minimum absolute atomic E-state index is 0.0539. The molecule has 2 aromatic rings. The van der Waals surface area contributed by atoms with Crippen molar-refractivity contribution in [1.82, 2.24) is 14.9 Å². The van der Waals surface area contributed by atoms with Gasteiger partial charge < -0.3 is 9.84 Å². The molecule has 1 aromatic heterocycles. The third-order valence-corrected chi connectivity index (χ3v) is 4.61. The highest BCUT2D eigenvalue weighted by Crippen LogP contribution is 2.32. The summed E-state index contributed by atoms with van der Waals surface area (Å²) in [5.74, 6) is -1.08. The van der Waals surface area contributed by atoms with Crippen molar-refractivity contribution in [2.45, 2.75) is 32.0 Å². The number of carboxylic acid groups (broad SMARTS) is 1. The Bertz CT molecular complexity index is 764. The summed E-state index contributed by atoms with van der Waals surface area (Å²) in [6.45, 7) is 6.06. The smallest absolute Gasteiger partial charge is 0.356 e. The highest BCUT2D eigenvalue weighted by molar-refractivity contribution is 6.30. The van der Waals surface area contributed by atoms with Crippen molar-refractivity contribution in [2.75, 3.05) is 13.2 Å². The Kier molecular flexibility index (Phi) is 5.03. The van der Waals surface area contributed by atoms with E-state index < -0.39 is 5.97 Å². The van der Waals surface area contributed by atoms with Gasteiger partial charge in [0.05, 0.1) is 30.8 Å². The number of aromatic carboxylic acids is 1. The minimum atomic E-state index is -1.08. The summed E-state index contributed by atoms with van der Waals surface area (Å²) in [7, 11) is 0. The summed E-state index contributed by atoms with van der Waals surface area (Å²) in [4.78, 5) is 21.3. The molecular weight excluding hydrogens is 342 g/mol. The average molecular weight is 362 g/mol. The Labute approximate surface area is 151 Å². The van der Waals surface area contributed by atoms with E-state index in [4.69, 9.17) is 21.4 Å². The molecular formula is C18H20ClN3O3. The number of hydrogen-bond acceptors (Lipinski definition) is 5. The maximum Gasteiger partial charge on any atom is 0.356 e. The van der Waals surface area contributed by atoms with E-state index >= 15 is 0 Å². The van der Waals surface area contributed by atoms with Crippen molar-refractivity contribution in [1.29, 1.82) is 0 Å². The molecule has 0 amide bonds. The first kappa shape index (κ1) is 17.8. The fourth-order valence-corrected chi connectivity index (χ4v) is 3.02. The van der Waals surface area contributed by atoms with E-state index in [2.05, 4.69) is 28.7 Å². The number of hydrogen-bond donors (Lipinski definition) is 1. The second-order valence-electron chi connectivity index (χ2n) is 6.75. The zero-order valence-corrected chi connectivity index (χ0v) is 14.9. The molecule has 1 aliphatic heterocycles. The quantitative estimate of drug-likeness (QED) is 0.901. The lowest BCUT2D eigenvalue weighted by molar-refractivity contribution is -0.104. The van der Waals surface area contributed by atoms with Crippen LogP contribution in [-0.2, 0) is 11.3 Å². The lowest BCUT2D eigenvalue weighted by atomic mass is 9.98. The van der Waals surface area contributed by atoms with Crippen molar-refractivity contribution in [3.63, 3.8) is 0 Å². The summed E-state index contributed by atoms with van der Waals surface area (Å²) in [5, 5.41) is 9.61. The molecule has 3 rings (SSSR count). The van der Waals surface area contributed by atoms with Crippen LogP contribution in [0, 0.1) is 0 Å². The molecule has 1 aliphatic rings. The van der Waals surface area contributed by atoms with Gasteiger partial charge >= 0.3 is 5.97 Å². The van der Waals surface area contributed by atoms with Crippen molar-refractivity contribution in [3.8, 4) is 0 Å². The van der Waals surface area contributed by atoms with Gasteiger partial charge in [-0.15, -0.1) is 0 Å². The first-order valence-corrected chi connectivity index (χ1v) is 8.39. The summed E-state index contributed by atoms with van der Waals surface area (Å²) in [6.07, 6.45) is 2.74. The van der Waals surface area contributed by atoms with E-state index in [9.17, 15) is 4.79 Å². The largest absolute Gasteiger partial charge is 0.476 e. The highest BCUT2D eigenvalue weighted by Gasteiger charge is 2.35. The number of halogens is 1. The van der Waals surface area contributed by atoms with Crippen LogP contribution in [0.4, 0.5) is 0 Å². The Morgan fingerprint density at radius 3 is 2.84 bits per heavy atom. The van der Waals surface area contributed by atoms with Crippen LogP contribution in [-0.4, -0.2) is 44.6 Å². The first-order chi connectivity index (χ1) is 11.8. The molecule has 0 bridgehead atoms. The van der Waals surface area contributed by atoms with E-state index in [1.165, 1.54) is 12.4 Å². The molecule has 0 spiro atoms. The average Bonchev–Trinajstić information content (AvgIpc) is 2.57. The number of carbonyl (C=O) groups is 1. The molecule has 1 saturated heterocycles. The van der Waals surface area contributed by atoms with Gasteiger partial charge in [0.2, 0.25) is 0 Å². The van der Waals surface area contributed by atoms with Crippen LogP contribution in [0.1, 0.15) is 41.7 Å². The molecule has 0 saturated carbocycles. The zero-order chi connectivity index (χ0) is 18.0. The van der Waals surface area contributed by atoms with Gasteiger partial charge in [0, 0.05) is 23.7 Å². The van der Waals surface area contributed by atoms with E-state index in [0.717, 1.165) is 11.3 Å². The van der Waals surface area contributed by atoms with Gasteiger partial charge in [-0.1, -0.05) is 23.7 Å². The summed E-state index contributed by atoms with van der Waals surface area (Å²) >= 11 is 6.09. The van der Waals surface area contributed by atoms with Gasteiger partial charge in [-0.3, -0.25) is 9.88 Å². The van der Waals surface area contributed by atoms with Gasteiger partial charge in [-0.25, -0.2) is 9.78 Å². The number of nitrogens with zero attached hydrogens (tertiary/aromatic N) is 3. The Morgan fingerprint density at radius 1 is 1.40 bits per heavy atom. The molecule has 132 valence electrons. The maximum atomic E-state index is 10.9. The molecule has 1 aromatic carbocycles. The molecule has 1 unspecified atom stereocenters. The molecule has 1 atom stereocenters. The molecule has 6 nitrogen and oxygen atoms in total. The Balaban J connectivity index is 1.76. The van der Waals surface area contributed by atoms with Crippen molar-refractivity contribution >= 4 is 17.6 Å². The predicted octanol–water partition coefficient (Wildman–Crippen LogP) is 3.18. The number of benzene rings is 1. The van der Waals surface area contributed by atoms with Crippen LogP contribution >= 0.6 is 11.6 Å². The normalized spacial score (nSPS) is 20.4. The fourth-order valence-electron chi connectivity index (χ4n) is 2.83. The van der Waals surface area contributed by atoms with Crippen LogP contribution in [0.5, 0.6) is 0 Å². The molecule has 0 radical (unpaired) electrons. The van der Waals surface area contributed by atoms with Crippen LogP contribution in [0.2, 0.25) is 5.02 Å². The Morgan fingerprint density at radius 2 is 2.20 bits per heavy atom. The molecule has 7 heteroatoms. The van der Waals surface area contributed by atoms with Gasteiger partial charge in [0.25, 0.3) is 0 Å². The standard InChI is InChI=1S/C18H20ClN3O3/c1-18(2)11-25-16(12-4-3-5-13(19)6-12)10-22(18)9-14-7-21-15(8-20-14)17(23)24/h3-8,16H,9-11H2,1-2H3,(H,23,24). The monoisotopic (exact) mass is 361 g/mol. The molecule has 0 aliphatic carbocycles. The maximum absolute atomic E-state index is 10.9. The second-order valence-corrected chi connectivity index (χ2v) is 7.18. The number of morpholine rings is 1. The highest BCUT2D eigenvalue weighted by atomic mass is 35.5. The molecule has 1 fully saturated rings. The van der Waals surface area contributed by atoms with E-state index in [1.807, 2.05) is 24.3 Å². The minimum Gasteiger partial charge on any atom is -0.476 e. The molecule has 25 heavy (non-hydrogen) atoms. The molecule has 1 N–H and O–H groups in total. The van der Waals surface area contributed by atoms with Crippen LogP contribution in [0.3, 0.4) is 0 Å². The van der Waals surface area contributed by atoms with Crippen LogP contribution in [0.25, 0.3) is 0 Å². The predicted molar refractivity (Wildman–Crippen MR) is 93.6 cm³/mol. The van der Waals surface area contributed by atoms with Gasteiger partial charge in [-0.05, 0) is 31.5 Å². The SMILES string of the molecule is CC1(C)COC(c2cccc(Cl)c2)CN1Cc1cnc(C(=O)O)cn1. The number of aromatic nitrogens is 2. The van der Waals surface area contributed by atoms with Crippen molar-refractivity contribution in [3.05, 3.63) is 58.6 Å². The van der Waals surface area contributed by atoms with Gasteiger partial charge in [-0.2, -0.15) is 0 Å². The van der Waals surface area contributed by atoms with Crippen LogP contribution in [0.15, 0.2) is 36.7 Å². The van der Waals surface area contributed by atoms with Crippen molar-refractivity contribution in [2.24, 2.45) is 0 Å². The molecule has 2 heterocycles. The number of rotatable bonds is 4. The zero-order valence-electron chi connectivity index (χ0n) is 14.1. The fraction of sp³-hybridized carbons (Fsp3) is 0.389. The number of carboxylic acids is 1. The van der Waals surface area contributed by atoms with Gasteiger partial charge in [0.1, 0.15) is 0 Å². The second kappa shape index (κ2) is 7.07. The van der Waals surface area contributed by atoms with E-state index in [0.29, 0.717) is 24.7 Å². The lowest BCUT2D eigenvalue weighted by Crippen LogP contribution is -2.53. The van der Waals surface area contributed by atoms with E-state index in [-0.39, 0.29) is 17.3 Å². The summed E-state index contributed by atoms with van der Waals surface area (Å²) < 4.78 is 6.04. The lowest BCUT2D eigenvalue weighted by Gasteiger charge is -2.45. The third kappa shape index (κ3) is 4.15. The summed E-state index contributed by atoms with van der Waals surface area (Å²) in [5.41, 5.74) is 1.55. The van der Waals surface area contributed by atoms with Gasteiger partial charge in [0.15, 0.2) is 5.69 Å². The summed E-state index contributed by atoms with van der Waals surface area (Å²) in [6, 6.07) is 7.69. The number of ether oxygens (including phenoxy) is 1. The van der Waals surface area contributed by atoms with E-state index in [1.54, 1.807) is 0 Å². The third-order valence-electron chi connectivity index (χ3n) is 4.38. The Hall–Kier alpha value is -2.02. The first-order valence-electron chi connectivity index (χ1n) is 8.01. The topological polar surface area (TPSA) is 75.5 Å². The van der Waals surface area contributed by atoms with Crippen molar-refractivity contribution < 1.29 is 14.6 Å².